The summed E-state index contributed by atoms with van der Waals surface area (Å²) in [6, 6.07) is 0. The van der Waals surface area contributed by atoms with E-state index in [1.165, 1.54) is 0 Å². The summed E-state index contributed by atoms with van der Waals surface area (Å²) in [7, 11) is 0. The Morgan fingerprint density at radius 3 is 2.73 bits per heavy atom. The van der Waals surface area contributed by atoms with Crippen LogP contribution in [-0.4, -0.2) is 64.2 Å². The van der Waals surface area contributed by atoms with Gasteiger partial charge in [0.05, 0.1) is 12.9 Å². The minimum Gasteiger partial charge on any atom is -0.394 e. The maximum atomic E-state index is 9.70. The molecule has 0 saturated carbocycles. The predicted octanol–water partition coefficient (Wildman–Crippen LogP) is -1.72. The molecule has 2 rings (SSSR count). The fraction of sp³-hybridized carbons (Fsp3) is 0.667. The van der Waals surface area contributed by atoms with Crippen LogP contribution in [0.4, 0.5) is 0 Å². The molecule has 0 aliphatic carbocycles. The Hall–Kier alpha value is -0.950. The zero-order chi connectivity index (χ0) is 10.8. The van der Waals surface area contributed by atoms with Crippen molar-refractivity contribution in [3.63, 3.8) is 0 Å². The van der Waals surface area contributed by atoms with Gasteiger partial charge in [0.25, 0.3) is 0 Å². The molecule has 6 nitrogen and oxygen atoms in total. The Labute approximate surface area is 87.1 Å². The van der Waals surface area contributed by atoms with Gasteiger partial charge in [-0.25, -0.2) is 4.99 Å². The summed E-state index contributed by atoms with van der Waals surface area (Å²) in [5.41, 5.74) is 0. The van der Waals surface area contributed by atoms with Crippen molar-refractivity contribution in [3.8, 4) is 0 Å². The lowest BCUT2D eigenvalue weighted by molar-refractivity contribution is -0.0671. The largest absolute Gasteiger partial charge is 0.394 e. The van der Waals surface area contributed by atoms with Crippen LogP contribution < -0.4 is 0 Å². The minimum atomic E-state index is -1.06. The molecule has 0 bridgehead atoms. The third-order valence-corrected chi connectivity index (χ3v) is 2.57. The van der Waals surface area contributed by atoms with Gasteiger partial charge in [-0.05, 0) is 6.08 Å². The smallest absolute Gasteiger partial charge is 0.160 e. The van der Waals surface area contributed by atoms with Gasteiger partial charge in [0.1, 0.15) is 18.3 Å². The molecule has 3 N–H and O–H groups in total. The highest BCUT2D eigenvalue weighted by Crippen LogP contribution is 2.23. The summed E-state index contributed by atoms with van der Waals surface area (Å²) in [4.78, 5) is 5.57. The van der Waals surface area contributed by atoms with Gasteiger partial charge in [0.2, 0.25) is 0 Å². The lowest BCUT2D eigenvalue weighted by atomic mass is 10.1. The van der Waals surface area contributed by atoms with Crippen LogP contribution >= 0.6 is 0 Å². The number of hydrogen-bond donors (Lipinski definition) is 3. The molecule has 2 aliphatic rings. The summed E-state index contributed by atoms with van der Waals surface area (Å²) in [5, 5.41) is 28.1. The lowest BCUT2D eigenvalue weighted by Gasteiger charge is -2.28. The van der Waals surface area contributed by atoms with Crippen molar-refractivity contribution in [2.75, 3.05) is 13.2 Å². The molecule has 4 atom stereocenters. The Morgan fingerprint density at radius 1 is 1.40 bits per heavy atom. The van der Waals surface area contributed by atoms with Crippen LogP contribution in [0, 0.1) is 0 Å². The Bertz CT molecular complexity index is 281. The molecule has 84 valence electrons. The Kier molecular flexibility index (Phi) is 3.01. The Balaban J connectivity index is 2.04. The fourth-order valence-corrected chi connectivity index (χ4v) is 1.72. The molecule has 0 unspecified atom stereocenters. The van der Waals surface area contributed by atoms with Crippen molar-refractivity contribution >= 4 is 6.34 Å². The van der Waals surface area contributed by atoms with Crippen LogP contribution in [0.25, 0.3) is 0 Å². The van der Waals surface area contributed by atoms with E-state index in [-0.39, 0.29) is 6.61 Å². The van der Waals surface area contributed by atoms with Crippen LogP contribution in [0.15, 0.2) is 17.3 Å². The van der Waals surface area contributed by atoms with Crippen LogP contribution in [0.3, 0.4) is 0 Å². The highest BCUT2D eigenvalue weighted by molar-refractivity contribution is 5.58. The molecule has 2 heterocycles. The highest BCUT2D eigenvalue weighted by atomic mass is 16.6. The summed E-state index contributed by atoms with van der Waals surface area (Å²) < 4.78 is 5.33. The number of aliphatic hydroxyl groups excluding tert-OH is 3. The zero-order valence-electron chi connectivity index (χ0n) is 8.10. The van der Waals surface area contributed by atoms with Gasteiger partial charge in [-0.2, -0.15) is 0 Å². The van der Waals surface area contributed by atoms with Crippen molar-refractivity contribution in [2.45, 2.75) is 24.5 Å². The number of aliphatic imine (C=N–C) groups is 1. The second kappa shape index (κ2) is 4.28. The summed E-state index contributed by atoms with van der Waals surface area (Å²) in [5.74, 6) is 0. The Morgan fingerprint density at radius 2 is 2.20 bits per heavy atom. The van der Waals surface area contributed by atoms with Crippen molar-refractivity contribution in [2.24, 2.45) is 4.99 Å². The van der Waals surface area contributed by atoms with Crippen molar-refractivity contribution in [1.29, 1.82) is 0 Å². The molecule has 0 aromatic heterocycles. The van der Waals surface area contributed by atoms with E-state index < -0.39 is 24.5 Å². The first-order valence-electron chi connectivity index (χ1n) is 4.80. The quantitative estimate of drug-likeness (QED) is 0.509. The first-order chi connectivity index (χ1) is 7.24. The molecule has 1 fully saturated rings. The second-order valence-corrected chi connectivity index (χ2v) is 3.57. The summed E-state index contributed by atoms with van der Waals surface area (Å²) in [6.45, 7) is 0.256. The first-order valence-corrected chi connectivity index (χ1v) is 4.80. The third-order valence-electron chi connectivity index (χ3n) is 2.57. The maximum absolute atomic E-state index is 9.70. The zero-order valence-corrected chi connectivity index (χ0v) is 8.10. The molecule has 0 aromatic carbocycles. The van der Waals surface area contributed by atoms with E-state index in [2.05, 4.69) is 4.99 Å². The highest BCUT2D eigenvalue weighted by Gasteiger charge is 2.44. The van der Waals surface area contributed by atoms with Gasteiger partial charge in [0, 0.05) is 12.7 Å². The SMILES string of the molecule is OC[C@H]1O[C@@H](N2C=NC=CC2)[C@H](O)[C@@H]1O. The van der Waals surface area contributed by atoms with Gasteiger partial charge in [-0.3, -0.25) is 0 Å². The van der Waals surface area contributed by atoms with E-state index in [1.807, 2.05) is 6.08 Å². The number of aliphatic hydroxyl groups is 3. The molecule has 0 aromatic rings. The number of ether oxygens (including phenoxy) is 1. The lowest BCUT2D eigenvalue weighted by Crippen LogP contribution is -2.44. The average molecular weight is 214 g/mol. The first kappa shape index (κ1) is 10.6. The van der Waals surface area contributed by atoms with E-state index in [0.717, 1.165) is 0 Å². The molecule has 1 saturated heterocycles. The van der Waals surface area contributed by atoms with Crippen LogP contribution in [0.2, 0.25) is 0 Å². The van der Waals surface area contributed by atoms with Crippen LogP contribution in [0.1, 0.15) is 0 Å². The monoisotopic (exact) mass is 214 g/mol. The van der Waals surface area contributed by atoms with Gasteiger partial charge in [0.15, 0.2) is 6.23 Å². The van der Waals surface area contributed by atoms with Crippen LogP contribution in [-0.2, 0) is 4.74 Å². The van der Waals surface area contributed by atoms with E-state index in [0.29, 0.717) is 6.54 Å². The van der Waals surface area contributed by atoms with Gasteiger partial charge >= 0.3 is 0 Å². The molecular weight excluding hydrogens is 200 g/mol. The number of nitrogens with zero attached hydrogens (tertiary/aromatic N) is 2. The topological polar surface area (TPSA) is 85.5 Å². The third kappa shape index (κ3) is 1.89. The minimum absolute atomic E-state index is 0.310. The van der Waals surface area contributed by atoms with Crippen molar-refractivity contribution in [1.82, 2.24) is 4.90 Å². The van der Waals surface area contributed by atoms with E-state index in [9.17, 15) is 10.2 Å². The summed E-state index contributed by atoms with van der Waals surface area (Å²) in [6.07, 6.45) is 1.54. The fourth-order valence-electron chi connectivity index (χ4n) is 1.72. The molecule has 15 heavy (non-hydrogen) atoms. The molecule has 2 aliphatic heterocycles. The van der Waals surface area contributed by atoms with E-state index in [1.54, 1.807) is 17.4 Å². The summed E-state index contributed by atoms with van der Waals surface area (Å²) >= 11 is 0. The maximum Gasteiger partial charge on any atom is 0.160 e. The molecule has 0 radical (unpaired) electrons. The van der Waals surface area contributed by atoms with Crippen LogP contribution in [0.5, 0.6) is 0 Å². The predicted molar refractivity (Wildman–Crippen MR) is 52.1 cm³/mol. The normalized spacial score (nSPS) is 40.1. The number of hydrogen-bond acceptors (Lipinski definition) is 6. The molecule has 0 spiro atoms. The van der Waals surface area contributed by atoms with Crippen molar-refractivity contribution < 1.29 is 20.1 Å². The van der Waals surface area contributed by atoms with Gasteiger partial charge in [-0.15, -0.1) is 0 Å². The standard InChI is InChI=1S/C9H14N2O4/c12-4-6-7(13)8(14)9(15-6)11-3-1-2-10-5-11/h1-2,5-9,12-14H,3-4H2/t6-,7-,8-,9-/m1/s1. The average Bonchev–Trinajstić information content (AvgIpc) is 2.57. The van der Waals surface area contributed by atoms with Crippen molar-refractivity contribution in [3.05, 3.63) is 12.3 Å². The molecular formula is C9H14N2O4. The van der Waals surface area contributed by atoms with E-state index in [4.69, 9.17) is 9.84 Å². The number of rotatable bonds is 2. The molecule has 0 amide bonds. The molecule has 6 heteroatoms. The second-order valence-electron chi connectivity index (χ2n) is 3.57. The van der Waals surface area contributed by atoms with E-state index >= 15 is 0 Å². The van der Waals surface area contributed by atoms with Gasteiger partial charge in [-0.1, -0.05) is 0 Å². The van der Waals surface area contributed by atoms with Gasteiger partial charge < -0.3 is 25.0 Å².